The van der Waals surface area contributed by atoms with Gasteiger partial charge in [0.15, 0.2) is 0 Å². The highest BCUT2D eigenvalue weighted by Gasteiger charge is 2.38. The maximum atomic E-state index is 12.0. The number of imide groups is 1. The molecule has 1 fully saturated rings. The summed E-state index contributed by atoms with van der Waals surface area (Å²) in [4.78, 5) is 25.1. The van der Waals surface area contributed by atoms with Crippen LogP contribution in [0.5, 0.6) is 0 Å². The molecule has 2 unspecified atom stereocenters. The molecule has 0 aliphatic carbocycles. The Morgan fingerprint density at radius 1 is 1.29 bits per heavy atom. The van der Waals surface area contributed by atoms with Crippen molar-refractivity contribution in [1.82, 2.24) is 10.2 Å². The van der Waals surface area contributed by atoms with Crippen LogP contribution in [0.3, 0.4) is 0 Å². The van der Waals surface area contributed by atoms with Gasteiger partial charge < -0.3 is 5.32 Å². The van der Waals surface area contributed by atoms with Crippen LogP contribution in [-0.2, 0) is 9.59 Å². The maximum absolute atomic E-state index is 12.0. The van der Waals surface area contributed by atoms with E-state index in [1.807, 2.05) is 6.92 Å². The highest BCUT2D eigenvalue weighted by atomic mass is 16.2. The van der Waals surface area contributed by atoms with Gasteiger partial charge in [-0.3, -0.25) is 14.5 Å². The Kier molecular flexibility index (Phi) is 5.62. The first-order valence-corrected chi connectivity index (χ1v) is 6.74. The third-order valence-electron chi connectivity index (χ3n) is 3.26. The lowest BCUT2D eigenvalue weighted by atomic mass is 10.1. The average Bonchev–Trinajstić information content (AvgIpc) is 2.57. The Labute approximate surface area is 104 Å². The van der Waals surface area contributed by atoms with Crippen molar-refractivity contribution in [2.24, 2.45) is 0 Å². The summed E-state index contributed by atoms with van der Waals surface area (Å²) in [7, 11) is 0. The normalized spacial score (nSPS) is 22.3. The van der Waals surface area contributed by atoms with Crippen molar-refractivity contribution in [3.05, 3.63) is 0 Å². The van der Waals surface area contributed by atoms with Gasteiger partial charge in [0.25, 0.3) is 0 Å². The van der Waals surface area contributed by atoms with Gasteiger partial charge in [-0.05, 0) is 19.3 Å². The number of nitrogens with zero attached hydrogens (tertiary/aromatic N) is 1. The van der Waals surface area contributed by atoms with Gasteiger partial charge in [0.2, 0.25) is 11.8 Å². The van der Waals surface area contributed by atoms with Crippen molar-refractivity contribution in [2.45, 2.75) is 65.0 Å². The van der Waals surface area contributed by atoms with E-state index < -0.39 is 0 Å². The Morgan fingerprint density at radius 2 is 2.00 bits per heavy atom. The van der Waals surface area contributed by atoms with E-state index in [1.165, 1.54) is 4.90 Å². The minimum Gasteiger partial charge on any atom is -0.303 e. The van der Waals surface area contributed by atoms with E-state index in [0.717, 1.165) is 25.7 Å². The fourth-order valence-electron chi connectivity index (χ4n) is 2.31. The first kappa shape index (κ1) is 14.2. The number of likely N-dealkylation sites (tertiary alicyclic amines) is 1. The molecule has 0 aromatic heterocycles. The molecule has 0 spiro atoms. The molecule has 1 heterocycles. The van der Waals surface area contributed by atoms with Crippen LogP contribution < -0.4 is 5.32 Å². The molecule has 0 aromatic carbocycles. The van der Waals surface area contributed by atoms with Crippen molar-refractivity contribution < 1.29 is 9.59 Å². The molecule has 1 aliphatic rings. The van der Waals surface area contributed by atoms with Gasteiger partial charge >= 0.3 is 0 Å². The van der Waals surface area contributed by atoms with Gasteiger partial charge in [0.05, 0.1) is 12.5 Å². The van der Waals surface area contributed by atoms with E-state index >= 15 is 0 Å². The van der Waals surface area contributed by atoms with Gasteiger partial charge in [0.1, 0.15) is 0 Å². The second-order valence-corrected chi connectivity index (χ2v) is 4.70. The largest absolute Gasteiger partial charge is 0.303 e. The van der Waals surface area contributed by atoms with Gasteiger partial charge in [-0.15, -0.1) is 0 Å². The van der Waals surface area contributed by atoms with Crippen molar-refractivity contribution in [1.29, 1.82) is 0 Å². The van der Waals surface area contributed by atoms with Crippen molar-refractivity contribution in [3.8, 4) is 0 Å². The Balaban J connectivity index is 2.56. The maximum Gasteiger partial charge on any atom is 0.246 e. The predicted octanol–water partition coefficient (Wildman–Crippen LogP) is 1.69. The number of rotatable bonds is 7. The van der Waals surface area contributed by atoms with Gasteiger partial charge in [-0.25, -0.2) is 0 Å². The van der Waals surface area contributed by atoms with Crippen LogP contribution in [0.4, 0.5) is 0 Å². The standard InChI is InChI=1S/C13H24N2O2/c1-4-7-10(6-3)14-11-9-12(16)15(8-5-2)13(11)17/h10-11,14H,4-9H2,1-3H3. The quantitative estimate of drug-likeness (QED) is 0.689. The molecular formula is C13H24N2O2. The van der Waals surface area contributed by atoms with Crippen LogP contribution in [0.15, 0.2) is 0 Å². The van der Waals surface area contributed by atoms with E-state index in [9.17, 15) is 9.59 Å². The lowest BCUT2D eigenvalue weighted by Crippen LogP contribution is -2.43. The number of carbonyl (C=O) groups is 2. The fourth-order valence-corrected chi connectivity index (χ4v) is 2.31. The van der Waals surface area contributed by atoms with Crippen molar-refractivity contribution >= 4 is 11.8 Å². The Morgan fingerprint density at radius 3 is 2.53 bits per heavy atom. The monoisotopic (exact) mass is 240 g/mol. The topological polar surface area (TPSA) is 49.4 Å². The molecular weight excluding hydrogens is 216 g/mol. The number of amides is 2. The number of nitrogens with one attached hydrogen (secondary N) is 1. The fraction of sp³-hybridized carbons (Fsp3) is 0.846. The van der Waals surface area contributed by atoms with Gasteiger partial charge in [-0.2, -0.15) is 0 Å². The lowest BCUT2D eigenvalue weighted by molar-refractivity contribution is -0.138. The molecule has 1 saturated heterocycles. The third kappa shape index (κ3) is 3.53. The number of hydrogen-bond acceptors (Lipinski definition) is 3. The number of carbonyl (C=O) groups excluding carboxylic acids is 2. The highest BCUT2D eigenvalue weighted by Crippen LogP contribution is 2.15. The summed E-state index contributed by atoms with van der Waals surface area (Å²) < 4.78 is 0. The van der Waals surface area contributed by atoms with Crippen molar-refractivity contribution in [3.63, 3.8) is 0 Å². The minimum absolute atomic E-state index is 0.0271. The summed E-state index contributed by atoms with van der Waals surface area (Å²) in [5, 5.41) is 3.32. The third-order valence-corrected chi connectivity index (χ3v) is 3.26. The summed E-state index contributed by atoms with van der Waals surface area (Å²) >= 11 is 0. The summed E-state index contributed by atoms with van der Waals surface area (Å²) in [6.45, 7) is 6.78. The molecule has 0 bridgehead atoms. The van der Waals surface area contributed by atoms with E-state index in [1.54, 1.807) is 0 Å². The number of hydrogen-bond donors (Lipinski definition) is 1. The van der Waals surface area contributed by atoms with Gasteiger partial charge in [-0.1, -0.05) is 27.2 Å². The van der Waals surface area contributed by atoms with E-state index in [-0.39, 0.29) is 17.9 Å². The molecule has 0 radical (unpaired) electrons. The molecule has 0 aromatic rings. The molecule has 0 saturated carbocycles. The van der Waals surface area contributed by atoms with E-state index in [4.69, 9.17) is 0 Å². The summed E-state index contributed by atoms with van der Waals surface area (Å²) in [5.41, 5.74) is 0. The molecule has 2 amide bonds. The van der Waals surface area contributed by atoms with Crippen LogP contribution in [-0.4, -0.2) is 35.3 Å². The zero-order chi connectivity index (χ0) is 12.8. The predicted molar refractivity (Wildman–Crippen MR) is 67.5 cm³/mol. The van der Waals surface area contributed by atoms with E-state index in [2.05, 4.69) is 19.2 Å². The molecule has 4 nitrogen and oxygen atoms in total. The minimum atomic E-state index is -0.287. The summed E-state index contributed by atoms with van der Waals surface area (Å²) in [6, 6.07) is 0.0638. The molecule has 1 N–H and O–H groups in total. The van der Waals surface area contributed by atoms with E-state index in [0.29, 0.717) is 19.0 Å². The first-order chi connectivity index (χ1) is 8.13. The van der Waals surface area contributed by atoms with Crippen LogP contribution in [0.1, 0.15) is 52.9 Å². The Bertz CT molecular complexity index is 279. The second-order valence-electron chi connectivity index (χ2n) is 4.70. The van der Waals surface area contributed by atoms with Crippen LogP contribution in [0.25, 0.3) is 0 Å². The van der Waals surface area contributed by atoms with Crippen LogP contribution in [0, 0.1) is 0 Å². The zero-order valence-electron chi connectivity index (χ0n) is 11.2. The summed E-state index contributed by atoms with van der Waals surface area (Å²) in [6.07, 6.45) is 4.32. The van der Waals surface area contributed by atoms with Gasteiger partial charge in [0, 0.05) is 12.6 Å². The lowest BCUT2D eigenvalue weighted by Gasteiger charge is -2.20. The average molecular weight is 240 g/mol. The smallest absolute Gasteiger partial charge is 0.246 e. The Hall–Kier alpha value is -0.900. The molecule has 17 heavy (non-hydrogen) atoms. The molecule has 1 rings (SSSR count). The highest BCUT2D eigenvalue weighted by molar-refractivity contribution is 6.05. The SMILES string of the molecule is CCCC(CC)NC1CC(=O)N(CCC)C1=O. The first-order valence-electron chi connectivity index (χ1n) is 6.74. The molecule has 98 valence electrons. The molecule has 2 atom stereocenters. The zero-order valence-corrected chi connectivity index (χ0v) is 11.2. The van der Waals surface area contributed by atoms with Crippen molar-refractivity contribution in [2.75, 3.05) is 6.54 Å². The second kappa shape index (κ2) is 6.74. The summed E-state index contributed by atoms with van der Waals surface area (Å²) in [5.74, 6) is -0.0629. The van der Waals surface area contributed by atoms with Crippen LogP contribution >= 0.6 is 0 Å². The molecule has 1 aliphatic heterocycles. The molecule has 4 heteroatoms. The van der Waals surface area contributed by atoms with Crippen LogP contribution in [0.2, 0.25) is 0 Å².